The zero-order valence-electron chi connectivity index (χ0n) is 10.4. The van der Waals surface area contributed by atoms with E-state index in [1.165, 1.54) is 10.9 Å². The number of carbonyl (C=O) groups is 1. The monoisotopic (exact) mass is 255 g/mol. The van der Waals surface area contributed by atoms with E-state index in [-0.39, 0.29) is 11.6 Å². The van der Waals surface area contributed by atoms with Crippen LogP contribution in [0.15, 0.2) is 12.4 Å². The Morgan fingerprint density at radius 1 is 1.67 bits per heavy atom. The maximum atomic E-state index is 11.9. The molecule has 0 aliphatic carbocycles. The topological polar surface area (TPSA) is 116 Å². The van der Waals surface area contributed by atoms with E-state index in [1.807, 2.05) is 0 Å². The van der Waals surface area contributed by atoms with Gasteiger partial charge in [0.15, 0.2) is 0 Å². The summed E-state index contributed by atoms with van der Waals surface area (Å²) in [4.78, 5) is 21.9. The Kier molecular flexibility index (Phi) is 4.38. The maximum absolute atomic E-state index is 11.9. The van der Waals surface area contributed by atoms with Gasteiger partial charge < -0.3 is 11.1 Å². The third-order valence-corrected chi connectivity index (χ3v) is 2.57. The highest BCUT2D eigenvalue weighted by atomic mass is 16.6. The molecule has 0 spiro atoms. The first-order valence-electron chi connectivity index (χ1n) is 5.57. The molecule has 0 radical (unpaired) electrons. The third-order valence-electron chi connectivity index (χ3n) is 2.57. The summed E-state index contributed by atoms with van der Waals surface area (Å²) in [6.45, 7) is 4.25. The molecule has 1 rings (SSSR count). The van der Waals surface area contributed by atoms with Crippen molar-refractivity contribution in [1.29, 1.82) is 0 Å². The number of amides is 1. The SMILES string of the molecule is CC(C)(C(=O)NCCCN)n1cc([N+](=O)[O-])cn1. The van der Waals surface area contributed by atoms with E-state index in [0.717, 1.165) is 6.20 Å². The van der Waals surface area contributed by atoms with Crippen LogP contribution in [0, 0.1) is 10.1 Å². The van der Waals surface area contributed by atoms with Gasteiger partial charge in [-0.25, -0.2) is 0 Å². The van der Waals surface area contributed by atoms with Crippen molar-refractivity contribution in [3.8, 4) is 0 Å². The lowest BCUT2D eigenvalue weighted by Gasteiger charge is -2.23. The summed E-state index contributed by atoms with van der Waals surface area (Å²) < 4.78 is 1.28. The lowest BCUT2D eigenvalue weighted by atomic mass is 10.1. The van der Waals surface area contributed by atoms with Crippen molar-refractivity contribution in [2.75, 3.05) is 13.1 Å². The number of carbonyl (C=O) groups excluding carboxylic acids is 1. The molecule has 100 valence electrons. The largest absolute Gasteiger partial charge is 0.354 e. The first kappa shape index (κ1) is 14.1. The van der Waals surface area contributed by atoms with E-state index < -0.39 is 10.5 Å². The maximum Gasteiger partial charge on any atom is 0.307 e. The number of nitrogens with one attached hydrogen (secondary N) is 1. The van der Waals surface area contributed by atoms with E-state index in [1.54, 1.807) is 13.8 Å². The summed E-state index contributed by atoms with van der Waals surface area (Å²) in [5.74, 6) is -0.256. The first-order valence-corrected chi connectivity index (χ1v) is 5.57. The average molecular weight is 255 g/mol. The van der Waals surface area contributed by atoms with Gasteiger partial charge in [0.25, 0.3) is 0 Å². The fraction of sp³-hybridized carbons (Fsp3) is 0.600. The molecule has 1 aromatic rings. The second-order valence-corrected chi connectivity index (χ2v) is 4.36. The van der Waals surface area contributed by atoms with Crippen LogP contribution in [0.4, 0.5) is 5.69 Å². The molecule has 0 saturated heterocycles. The van der Waals surface area contributed by atoms with Crippen LogP contribution in [0.1, 0.15) is 20.3 Å². The van der Waals surface area contributed by atoms with Gasteiger partial charge in [0.1, 0.15) is 17.9 Å². The van der Waals surface area contributed by atoms with Gasteiger partial charge in [0.05, 0.1) is 4.92 Å². The highest BCUT2D eigenvalue weighted by Crippen LogP contribution is 2.18. The van der Waals surface area contributed by atoms with Crippen LogP contribution in [0.5, 0.6) is 0 Å². The lowest BCUT2D eigenvalue weighted by molar-refractivity contribution is -0.385. The number of nitro groups is 1. The van der Waals surface area contributed by atoms with E-state index >= 15 is 0 Å². The standard InChI is InChI=1S/C10H17N5O3/c1-10(2,9(16)12-5-3-4-11)14-7-8(6-13-14)15(17)18/h6-7H,3-5,11H2,1-2H3,(H,12,16). The van der Waals surface area contributed by atoms with Crippen molar-refractivity contribution >= 4 is 11.6 Å². The third kappa shape index (κ3) is 3.04. The molecule has 0 fully saturated rings. The smallest absolute Gasteiger partial charge is 0.307 e. The Morgan fingerprint density at radius 2 is 2.33 bits per heavy atom. The Labute approximate surface area is 104 Å². The summed E-state index contributed by atoms with van der Waals surface area (Å²) >= 11 is 0. The van der Waals surface area contributed by atoms with Gasteiger partial charge in [-0.05, 0) is 26.8 Å². The van der Waals surface area contributed by atoms with Crippen molar-refractivity contribution in [1.82, 2.24) is 15.1 Å². The van der Waals surface area contributed by atoms with Gasteiger partial charge >= 0.3 is 5.69 Å². The summed E-state index contributed by atoms with van der Waals surface area (Å²) in [5, 5.41) is 17.1. The molecule has 3 N–H and O–H groups in total. The van der Waals surface area contributed by atoms with Crippen LogP contribution in [0.25, 0.3) is 0 Å². The van der Waals surface area contributed by atoms with Crippen LogP contribution in [-0.2, 0) is 10.3 Å². The first-order chi connectivity index (χ1) is 8.39. The molecule has 0 aliphatic rings. The molecule has 18 heavy (non-hydrogen) atoms. The molecule has 0 atom stereocenters. The van der Waals surface area contributed by atoms with Gasteiger partial charge in [0, 0.05) is 6.54 Å². The summed E-state index contributed by atoms with van der Waals surface area (Å²) in [5.41, 5.74) is 4.20. The van der Waals surface area contributed by atoms with Crippen molar-refractivity contribution in [3.05, 3.63) is 22.5 Å². The number of aromatic nitrogens is 2. The average Bonchev–Trinajstić information content (AvgIpc) is 2.79. The Bertz CT molecular complexity index is 440. The molecule has 1 amide bonds. The fourth-order valence-electron chi connectivity index (χ4n) is 1.34. The quantitative estimate of drug-likeness (QED) is 0.421. The van der Waals surface area contributed by atoms with E-state index in [2.05, 4.69) is 10.4 Å². The Hall–Kier alpha value is -1.96. The predicted octanol–water partition coefficient (Wildman–Crippen LogP) is -0.00860. The molecule has 0 unspecified atom stereocenters. The number of hydrogen-bond donors (Lipinski definition) is 2. The molecule has 0 bridgehead atoms. The molecular formula is C10H17N5O3. The second kappa shape index (κ2) is 5.58. The Balaban J connectivity index is 2.77. The summed E-state index contributed by atoms with van der Waals surface area (Å²) in [6.07, 6.45) is 3.04. The van der Waals surface area contributed by atoms with Crippen LogP contribution >= 0.6 is 0 Å². The van der Waals surface area contributed by atoms with E-state index in [4.69, 9.17) is 5.73 Å². The molecular weight excluding hydrogens is 238 g/mol. The second-order valence-electron chi connectivity index (χ2n) is 4.36. The van der Waals surface area contributed by atoms with Crippen LogP contribution < -0.4 is 11.1 Å². The predicted molar refractivity (Wildman–Crippen MR) is 64.9 cm³/mol. The zero-order valence-corrected chi connectivity index (χ0v) is 10.4. The van der Waals surface area contributed by atoms with Crippen LogP contribution in [-0.4, -0.2) is 33.7 Å². The highest BCUT2D eigenvalue weighted by molar-refractivity contribution is 5.83. The normalized spacial score (nSPS) is 11.3. The molecule has 0 saturated carbocycles. The van der Waals surface area contributed by atoms with Crippen LogP contribution in [0.2, 0.25) is 0 Å². The highest BCUT2D eigenvalue weighted by Gasteiger charge is 2.31. The van der Waals surface area contributed by atoms with Crippen molar-refractivity contribution in [2.45, 2.75) is 25.8 Å². The molecule has 1 heterocycles. The van der Waals surface area contributed by atoms with Crippen LogP contribution in [0.3, 0.4) is 0 Å². The van der Waals surface area contributed by atoms with Crippen molar-refractivity contribution < 1.29 is 9.72 Å². The molecule has 8 heteroatoms. The van der Waals surface area contributed by atoms with Crippen molar-refractivity contribution in [2.24, 2.45) is 5.73 Å². The summed E-state index contributed by atoms with van der Waals surface area (Å²) in [6, 6.07) is 0. The number of hydrogen-bond acceptors (Lipinski definition) is 5. The van der Waals surface area contributed by atoms with E-state index in [0.29, 0.717) is 19.5 Å². The molecule has 0 aliphatic heterocycles. The fourth-order valence-corrected chi connectivity index (χ4v) is 1.34. The molecule has 1 aromatic heterocycles. The zero-order chi connectivity index (χ0) is 13.8. The Morgan fingerprint density at radius 3 is 2.83 bits per heavy atom. The molecule has 0 aromatic carbocycles. The van der Waals surface area contributed by atoms with Gasteiger partial charge in [0.2, 0.25) is 5.91 Å². The summed E-state index contributed by atoms with van der Waals surface area (Å²) in [7, 11) is 0. The van der Waals surface area contributed by atoms with Gasteiger partial charge in [-0.3, -0.25) is 19.6 Å². The number of nitrogens with two attached hydrogens (primary N) is 1. The molecule has 8 nitrogen and oxygen atoms in total. The van der Waals surface area contributed by atoms with E-state index in [9.17, 15) is 14.9 Å². The number of rotatable bonds is 6. The minimum Gasteiger partial charge on any atom is -0.354 e. The minimum absolute atomic E-state index is 0.141. The number of nitrogens with zero attached hydrogens (tertiary/aromatic N) is 3. The minimum atomic E-state index is -0.983. The van der Waals surface area contributed by atoms with Gasteiger partial charge in [-0.2, -0.15) is 5.10 Å². The van der Waals surface area contributed by atoms with Gasteiger partial charge in [-0.15, -0.1) is 0 Å². The van der Waals surface area contributed by atoms with Gasteiger partial charge in [-0.1, -0.05) is 0 Å². The van der Waals surface area contributed by atoms with Crippen molar-refractivity contribution in [3.63, 3.8) is 0 Å². The lowest BCUT2D eigenvalue weighted by Crippen LogP contribution is -2.45.